The van der Waals surface area contributed by atoms with Gasteiger partial charge in [-0.15, -0.1) is 5.01 Å². The summed E-state index contributed by atoms with van der Waals surface area (Å²) >= 11 is 0. The molecule has 24 heavy (non-hydrogen) atoms. The quantitative estimate of drug-likeness (QED) is 0.770. The molecule has 1 aromatic carbocycles. The first kappa shape index (κ1) is 16.7. The monoisotopic (exact) mass is 353 g/mol. The maximum atomic E-state index is 12.7. The average Bonchev–Trinajstić information content (AvgIpc) is 2.93. The number of nitrogens with one attached hydrogen (secondary N) is 1. The second-order valence-electron chi connectivity index (χ2n) is 6.50. The maximum absolute atomic E-state index is 12.7. The van der Waals surface area contributed by atoms with Crippen molar-refractivity contribution in [3.05, 3.63) is 52.5 Å². The summed E-state index contributed by atoms with van der Waals surface area (Å²) in [6.07, 6.45) is 1.30. The number of H-pyrrole nitrogens is 1. The lowest BCUT2D eigenvalue weighted by molar-refractivity contribution is -0.766. The van der Waals surface area contributed by atoms with Crippen molar-refractivity contribution in [3.8, 4) is 0 Å². The third-order valence-electron chi connectivity index (χ3n) is 4.14. The largest absolute Gasteiger partial charge is 0.430 e. The molecule has 130 valence electrons. The van der Waals surface area contributed by atoms with Gasteiger partial charge in [0.25, 0.3) is 0 Å². The summed E-state index contributed by atoms with van der Waals surface area (Å²) in [6.45, 7) is 4.97. The molecule has 1 fully saturated rings. The van der Waals surface area contributed by atoms with Gasteiger partial charge in [-0.2, -0.15) is 4.31 Å². The summed E-state index contributed by atoms with van der Waals surface area (Å²) in [6, 6.07) is 9.15. The SMILES string of the molecule is CC1(C)CN(S(=O)(=O)Cc2ccccc2)CCN1[n+]1cc(=O)o[nH]1. The van der Waals surface area contributed by atoms with Crippen molar-refractivity contribution in [1.82, 2.24) is 9.58 Å². The van der Waals surface area contributed by atoms with E-state index in [9.17, 15) is 13.2 Å². The Morgan fingerprint density at radius 3 is 2.54 bits per heavy atom. The molecule has 9 heteroatoms. The van der Waals surface area contributed by atoms with E-state index in [1.54, 1.807) is 0 Å². The minimum Gasteiger partial charge on any atom is -0.281 e. The molecule has 0 atom stereocenters. The van der Waals surface area contributed by atoms with Crippen molar-refractivity contribution in [1.29, 1.82) is 0 Å². The Hall–Kier alpha value is -2.13. The van der Waals surface area contributed by atoms with Crippen LogP contribution in [0.25, 0.3) is 0 Å². The molecule has 1 aliphatic heterocycles. The fraction of sp³-hybridized carbons (Fsp3) is 0.467. The Morgan fingerprint density at radius 1 is 1.25 bits per heavy atom. The summed E-state index contributed by atoms with van der Waals surface area (Å²) in [5.41, 5.74) is -0.212. The molecule has 2 heterocycles. The first-order valence-corrected chi connectivity index (χ1v) is 9.29. The van der Waals surface area contributed by atoms with E-state index in [0.29, 0.717) is 19.6 Å². The summed E-state index contributed by atoms with van der Waals surface area (Å²) in [5, 5.41) is 4.39. The Balaban J connectivity index is 1.77. The molecule has 0 unspecified atom stereocenters. The summed E-state index contributed by atoms with van der Waals surface area (Å²) < 4.78 is 31.6. The molecule has 2 aromatic rings. The number of rotatable bonds is 4. The van der Waals surface area contributed by atoms with Gasteiger partial charge >= 0.3 is 11.8 Å². The van der Waals surface area contributed by atoms with Crippen LogP contribution >= 0.6 is 0 Å². The zero-order valence-electron chi connectivity index (χ0n) is 13.7. The van der Waals surface area contributed by atoms with Gasteiger partial charge in [-0.25, -0.2) is 13.2 Å². The van der Waals surface area contributed by atoms with Crippen molar-refractivity contribution < 1.29 is 17.7 Å². The van der Waals surface area contributed by atoms with Gasteiger partial charge in [0.15, 0.2) is 0 Å². The van der Waals surface area contributed by atoms with E-state index in [1.807, 2.05) is 49.2 Å². The number of aromatic nitrogens is 2. The van der Waals surface area contributed by atoms with E-state index in [1.165, 1.54) is 15.3 Å². The number of hydrogen-bond donors (Lipinski definition) is 1. The first-order chi connectivity index (χ1) is 11.3. The molecule has 1 aromatic heterocycles. The Kier molecular flexibility index (Phi) is 4.22. The zero-order chi connectivity index (χ0) is 17.4. The molecule has 3 rings (SSSR count). The van der Waals surface area contributed by atoms with Gasteiger partial charge in [0, 0.05) is 23.2 Å². The van der Waals surface area contributed by atoms with Gasteiger partial charge in [-0.3, -0.25) is 4.52 Å². The Bertz CT molecular complexity index is 857. The molecule has 0 spiro atoms. The van der Waals surface area contributed by atoms with Crippen molar-refractivity contribution in [2.45, 2.75) is 25.1 Å². The molecule has 0 amide bonds. The van der Waals surface area contributed by atoms with Gasteiger partial charge in [-0.1, -0.05) is 30.3 Å². The zero-order valence-corrected chi connectivity index (χ0v) is 14.5. The van der Waals surface area contributed by atoms with Crippen molar-refractivity contribution in [2.75, 3.05) is 24.6 Å². The highest BCUT2D eigenvalue weighted by atomic mass is 32.2. The Labute approximate surface area is 140 Å². The second-order valence-corrected chi connectivity index (χ2v) is 8.47. The Morgan fingerprint density at radius 2 is 1.96 bits per heavy atom. The van der Waals surface area contributed by atoms with Crippen LogP contribution in [0.3, 0.4) is 0 Å². The molecule has 1 saturated heterocycles. The van der Waals surface area contributed by atoms with Gasteiger partial charge < -0.3 is 0 Å². The highest BCUT2D eigenvalue weighted by molar-refractivity contribution is 7.88. The topological polar surface area (TPSA) is 90.5 Å². The third-order valence-corrected chi connectivity index (χ3v) is 5.93. The van der Waals surface area contributed by atoms with Crippen molar-refractivity contribution >= 4 is 10.0 Å². The van der Waals surface area contributed by atoms with E-state index in [-0.39, 0.29) is 5.75 Å². The summed E-state index contributed by atoms with van der Waals surface area (Å²) in [7, 11) is -3.41. The van der Waals surface area contributed by atoms with E-state index in [4.69, 9.17) is 4.52 Å². The van der Waals surface area contributed by atoms with Crippen molar-refractivity contribution in [2.24, 2.45) is 0 Å². The predicted molar refractivity (Wildman–Crippen MR) is 87.3 cm³/mol. The maximum Gasteiger partial charge on any atom is 0.430 e. The normalized spacial score (nSPS) is 18.7. The molecule has 1 N–H and O–H groups in total. The van der Waals surface area contributed by atoms with Gasteiger partial charge in [0.1, 0.15) is 5.54 Å². The lowest BCUT2D eigenvalue weighted by Crippen LogP contribution is -2.74. The average molecular weight is 353 g/mol. The fourth-order valence-electron chi connectivity index (χ4n) is 2.98. The molecular weight excluding hydrogens is 332 g/mol. The second kappa shape index (κ2) is 6.06. The molecule has 0 radical (unpaired) electrons. The van der Waals surface area contributed by atoms with Crippen LogP contribution in [0.5, 0.6) is 0 Å². The van der Waals surface area contributed by atoms with Crippen molar-refractivity contribution in [3.63, 3.8) is 0 Å². The smallest absolute Gasteiger partial charge is 0.281 e. The van der Waals surface area contributed by atoms with E-state index >= 15 is 0 Å². The van der Waals surface area contributed by atoms with Crippen LogP contribution in [-0.2, 0) is 15.8 Å². The molecule has 8 nitrogen and oxygen atoms in total. The van der Waals surface area contributed by atoms with Gasteiger partial charge in [0.05, 0.1) is 12.3 Å². The number of benzene rings is 1. The van der Waals surface area contributed by atoms with E-state index < -0.39 is 21.2 Å². The number of nitrogens with zero attached hydrogens (tertiary/aromatic N) is 3. The number of hydrogen-bond acceptors (Lipinski definition) is 5. The third kappa shape index (κ3) is 3.36. The highest BCUT2D eigenvalue weighted by Gasteiger charge is 2.43. The van der Waals surface area contributed by atoms with E-state index in [0.717, 1.165) is 5.56 Å². The van der Waals surface area contributed by atoms with Crippen LogP contribution in [-0.4, -0.2) is 43.2 Å². The van der Waals surface area contributed by atoms with E-state index in [2.05, 4.69) is 5.27 Å². The fourth-order valence-corrected chi connectivity index (χ4v) is 4.65. The molecule has 0 bridgehead atoms. The minimum absolute atomic E-state index is 0.0143. The molecular formula is C15H21N4O4S+. The van der Waals surface area contributed by atoms with Crippen LogP contribution in [0.15, 0.2) is 45.8 Å². The highest BCUT2D eigenvalue weighted by Crippen LogP contribution is 2.21. The lowest BCUT2D eigenvalue weighted by atomic mass is 10.0. The summed E-state index contributed by atoms with van der Waals surface area (Å²) in [5.74, 6) is -0.0143. The standard InChI is InChI=1S/C15H20N4O4S/c1-15(2)12-17(8-9-18(15)19-10-14(20)23-16-19)24(21,22)11-13-6-4-3-5-7-13/h3-7,10H,8-9,11-12H2,1-2H3/p+1. The lowest BCUT2D eigenvalue weighted by Gasteiger charge is -2.41. The molecule has 0 saturated carbocycles. The number of sulfonamides is 1. The van der Waals surface area contributed by atoms with Crippen LogP contribution in [0, 0.1) is 0 Å². The molecule has 1 aliphatic rings. The first-order valence-electron chi connectivity index (χ1n) is 7.68. The van der Waals surface area contributed by atoms with Crippen LogP contribution < -0.4 is 15.4 Å². The number of piperazine rings is 1. The van der Waals surface area contributed by atoms with Crippen LogP contribution in [0.2, 0.25) is 0 Å². The number of aromatic amines is 1. The van der Waals surface area contributed by atoms with Crippen LogP contribution in [0.1, 0.15) is 19.4 Å². The minimum atomic E-state index is -3.41. The van der Waals surface area contributed by atoms with Gasteiger partial charge in [-0.05, 0) is 19.4 Å². The van der Waals surface area contributed by atoms with Crippen LogP contribution in [0.4, 0.5) is 0 Å². The predicted octanol–water partition coefficient (Wildman–Crippen LogP) is -0.182. The van der Waals surface area contributed by atoms with Gasteiger partial charge in [0.2, 0.25) is 10.0 Å². The summed E-state index contributed by atoms with van der Waals surface area (Å²) in [4.78, 5) is 12.7. The molecule has 0 aliphatic carbocycles.